The van der Waals surface area contributed by atoms with E-state index in [1.165, 1.54) is 60.2 Å². The van der Waals surface area contributed by atoms with E-state index in [0.29, 0.717) is 0 Å². The molecule has 11 rings (SSSR count). The van der Waals surface area contributed by atoms with Crippen LogP contribution in [0.1, 0.15) is 25.0 Å². The molecule has 10 aromatic rings. The third-order valence-electron chi connectivity index (χ3n) is 11.3. The monoisotopic (exact) mass is 663 g/mol. The molecule has 0 atom stereocenters. The first-order valence-electron chi connectivity index (χ1n) is 18.0. The van der Waals surface area contributed by atoms with E-state index in [-0.39, 0.29) is 5.41 Å². The van der Waals surface area contributed by atoms with Gasteiger partial charge in [-0.1, -0.05) is 123 Å². The van der Waals surface area contributed by atoms with Crippen molar-refractivity contribution in [2.45, 2.75) is 19.3 Å². The average Bonchev–Trinajstić information content (AvgIpc) is 3.63. The highest BCUT2D eigenvalue weighted by molar-refractivity contribution is 6.14. The van der Waals surface area contributed by atoms with Crippen molar-refractivity contribution in [1.82, 2.24) is 14.5 Å². The van der Waals surface area contributed by atoms with Gasteiger partial charge in [-0.15, -0.1) is 0 Å². The van der Waals surface area contributed by atoms with Crippen molar-refractivity contribution >= 4 is 54.4 Å². The lowest BCUT2D eigenvalue weighted by molar-refractivity contribution is 0.662. The minimum absolute atomic E-state index is 0.140. The third kappa shape index (κ3) is 4.08. The lowest BCUT2D eigenvalue weighted by Gasteiger charge is -2.22. The molecule has 0 saturated carbocycles. The zero-order valence-corrected chi connectivity index (χ0v) is 28.9. The van der Waals surface area contributed by atoms with Gasteiger partial charge in [-0.3, -0.25) is 0 Å². The van der Waals surface area contributed by atoms with Crippen molar-refractivity contribution in [3.05, 3.63) is 175 Å². The fourth-order valence-corrected chi connectivity index (χ4v) is 8.81. The molecule has 2 heterocycles. The summed E-state index contributed by atoms with van der Waals surface area (Å²) in [5.41, 5.74) is 14.6. The number of para-hydroxylation sites is 3. The first-order valence-corrected chi connectivity index (χ1v) is 18.0. The van der Waals surface area contributed by atoms with Crippen molar-refractivity contribution in [3.8, 4) is 39.3 Å². The van der Waals surface area contributed by atoms with Crippen LogP contribution < -0.4 is 0 Å². The van der Waals surface area contributed by atoms with E-state index >= 15 is 0 Å². The minimum Gasteiger partial charge on any atom is -0.309 e. The summed E-state index contributed by atoms with van der Waals surface area (Å²) in [6.07, 6.45) is 0. The van der Waals surface area contributed by atoms with Crippen LogP contribution >= 0.6 is 0 Å². The Balaban J connectivity index is 1.18. The second-order valence-corrected chi connectivity index (χ2v) is 14.6. The molecule has 3 heteroatoms. The Morgan fingerprint density at radius 3 is 1.81 bits per heavy atom. The smallest absolute Gasteiger partial charge is 0.0979 e. The Bertz CT molecular complexity index is 3100. The van der Waals surface area contributed by atoms with Crippen LogP contribution in [0.15, 0.2) is 164 Å². The number of benzene rings is 8. The maximum Gasteiger partial charge on any atom is 0.0979 e. The van der Waals surface area contributed by atoms with Crippen molar-refractivity contribution < 1.29 is 0 Å². The SMILES string of the molecule is CC1(C)c2cc3ccccc3cc2-c2cc3c4ccccc4n(-c4ccc(-c5nc6ccccc6nc5-c5ccccc5)c5ccccc45)c3cc21. The van der Waals surface area contributed by atoms with E-state index in [0.717, 1.165) is 44.6 Å². The maximum absolute atomic E-state index is 5.29. The molecule has 0 bridgehead atoms. The highest BCUT2D eigenvalue weighted by Gasteiger charge is 2.37. The molecule has 0 N–H and O–H groups in total. The molecule has 0 aliphatic heterocycles. The fourth-order valence-electron chi connectivity index (χ4n) is 8.81. The zero-order chi connectivity index (χ0) is 34.6. The summed E-state index contributed by atoms with van der Waals surface area (Å²) >= 11 is 0. The van der Waals surface area contributed by atoms with Crippen molar-refractivity contribution in [2.24, 2.45) is 0 Å². The maximum atomic E-state index is 5.29. The summed E-state index contributed by atoms with van der Waals surface area (Å²) in [5.74, 6) is 0. The van der Waals surface area contributed by atoms with Gasteiger partial charge < -0.3 is 4.57 Å². The molecule has 0 unspecified atom stereocenters. The van der Waals surface area contributed by atoms with Gasteiger partial charge in [0.05, 0.1) is 39.1 Å². The second kappa shape index (κ2) is 10.7. The minimum atomic E-state index is -0.140. The van der Waals surface area contributed by atoms with Gasteiger partial charge in [0.2, 0.25) is 0 Å². The molecule has 0 radical (unpaired) electrons. The molecule has 0 spiro atoms. The van der Waals surface area contributed by atoms with Gasteiger partial charge in [0, 0.05) is 32.7 Å². The van der Waals surface area contributed by atoms with Crippen molar-refractivity contribution in [2.75, 3.05) is 0 Å². The quantitative estimate of drug-likeness (QED) is 0.188. The fraction of sp³-hybridized carbons (Fsp3) is 0.0612. The lowest BCUT2D eigenvalue weighted by atomic mass is 9.81. The second-order valence-electron chi connectivity index (χ2n) is 14.6. The van der Waals surface area contributed by atoms with Gasteiger partial charge in [0.25, 0.3) is 0 Å². The number of fused-ring (bicyclic) bond motifs is 9. The number of hydrogen-bond donors (Lipinski definition) is 0. The van der Waals surface area contributed by atoms with E-state index in [1.54, 1.807) is 0 Å². The van der Waals surface area contributed by atoms with Crippen molar-refractivity contribution in [3.63, 3.8) is 0 Å². The zero-order valence-electron chi connectivity index (χ0n) is 28.9. The molecule has 244 valence electrons. The van der Waals surface area contributed by atoms with Crippen LogP contribution in [0.4, 0.5) is 0 Å². The van der Waals surface area contributed by atoms with Crippen LogP contribution in [0.25, 0.3) is 93.7 Å². The Hall–Kier alpha value is -6.58. The lowest BCUT2D eigenvalue weighted by Crippen LogP contribution is -2.15. The largest absolute Gasteiger partial charge is 0.309 e. The number of nitrogens with zero attached hydrogens (tertiary/aromatic N) is 3. The Morgan fingerprint density at radius 2 is 1.02 bits per heavy atom. The van der Waals surface area contributed by atoms with Crippen LogP contribution in [-0.4, -0.2) is 14.5 Å². The number of rotatable bonds is 3. The molecule has 3 nitrogen and oxygen atoms in total. The summed E-state index contributed by atoms with van der Waals surface area (Å²) in [5, 5.41) is 7.42. The molecule has 0 fully saturated rings. The van der Waals surface area contributed by atoms with E-state index in [9.17, 15) is 0 Å². The molecule has 2 aromatic heterocycles. The van der Waals surface area contributed by atoms with Gasteiger partial charge in [-0.25, -0.2) is 9.97 Å². The Morgan fingerprint density at radius 1 is 0.423 bits per heavy atom. The van der Waals surface area contributed by atoms with Gasteiger partial charge in [-0.2, -0.15) is 0 Å². The molecule has 8 aromatic carbocycles. The van der Waals surface area contributed by atoms with E-state index in [1.807, 2.05) is 24.3 Å². The van der Waals surface area contributed by atoms with Crippen LogP contribution in [0.2, 0.25) is 0 Å². The summed E-state index contributed by atoms with van der Waals surface area (Å²) in [6.45, 7) is 4.76. The highest BCUT2D eigenvalue weighted by atomic mass is 15.0. The topological polar surface area (TPSA) is 30.7 Å². The van der Waals surface area contributed by atoms with Crippen LogP contribution in [0.3, 0.4) is 0 Å². The van der Waals surface area contributed by atoms with Crippen LogP contribution in [-0.2, 0) is 5.41 Å². The third-order valence-corrected chi connectivity index (χ3v) is 11.3. The van der Waals surface area contributed by atoms with Gasteiger partial charge in [0.15, 0.2) is 0 Å². The highest BCUT2D eigenvalue weighted by Crippen LogP contribution is 2.52. The molecule has 0 amide bonds. The number of hydrogen-bond acceptors (Lipinski definition) is 2. The van der Waals surface area contributed by atoms with Gasteiger partial charge >= 0.3 is 0 Å². The first-order chi connectivity index (χ1) is 25.5. The molecular weight excluding hydrogens is 631 g/mol. The molecule has 0 saturated heterocycles. The summed E-state index contributed by atoms with van der Waals surface area (Å²) in [6, 6.07) is 59.2. The number of aromatic nitrogens is 3. The normalized spacial score (nSPS) is 13.3. The Kier molecular flexibility index (Phi) is 6.01. The predicted molar refractivity (Wildman–Crippen MR) is 217 cm³/mol. The van der Waals surface area contributed by atoms with Crippen LogP contribution in [0, 0.1) is 0 Å². The summed E-state index contributed by atoms with van der Waals surface area (Å²) < 4.78 is 2.48. The summed E-state index contributed by atoms with van der Waals surface area (Å²) in [4.78, 5) is 10.5. The van der Waals surface area contributed by atoms with Crippen molar-refractivity contribution in [1.29, 1.82) is 0 Å². The van der Waals surface area contributed by atoms with E-state index < -0.39 is 0 Å². The first kappa shape index (κ1) is 29.2. The molecular formula is C49H33N3. The van der Waals surface area contributed by atoms with Gasteiger partial charge in [-0.05, 0) is 93.0 Å². The average molecular weight is 664 g/mol. The molecule has 1 aliphatic carbocycles. The molecule has 1 aliphatic rings. The van der Waals surface area contributed by atoms with Crippen LogP contribution in [0.5, 0.6) is 0 Å². The van der Waals surface area contributed by atoms with E-state index in [4.69, 9.17) is 9.97 Å². The predicted octanol–water partition coefficient (Wildman–Crippen LogP) is 12.7. The molecule has 52 heavy (non-hydrogen) atoms. The van der Waals surface area contributed by atoms with E-state index in [2.05, 4.69) is 158 Å². The van der Waals surface area contributed by atoms with Gasteiger partial charge in [0.1, 0.15) is 0 Å². The Labute approximate surface area is 301 Å². The standard InChI is InChI=1S/C49H33N3/c1-49(2)40-27-32-17-7-6-16-31(32)26-37(40)38-28-39-35-20-10-13-23-44(35)52(46(39)29-41(38)49)45-25-24-36(33-18-8-9-19-34(33)45)48-47(30-14-4-3-5-15-30)50-42-21-11-12-22-43(42)51-48/h3-29H,1-2H3. The summed E-state index contributed by atoms with van der Waals surface area (Å²) in [7, 11) is 0.